The average molecular weight is 451 g/mol. The summed E-state index contributed by atoms with van der Waals surface area (Å²) in [6.45, 7) is -0.140. The van der Waals surface area contributed by atoms with E-state index in [-0.39, 0.29) is 22.9 Å². The van der Waals surface area contributed by atoms with Crippen LogP contribution in [0.2, 0.25) is 0 Å². The largest absolute Gasteiger partial charge is 0.369 e. The molecule has 1 amide bonds. The highest BCUT2D eigenvalue weighted by molar-refractivity contribution is 7.13. The van der Waals surface area contributed by atoms with E-state index in [9.17, 15) is 18.0 Å². The summed E-state index contributed by atoms with van der Waals surface area (Å²) in [6.07, 6.45) is 0.631. The van der Waals surface area contributed by atoms with E-state index in [2.05, 4.69) is 15.4 Å². The number of halogens is 3. The van der Waals surface area contributed by atoms with Gasteiger partial charge in [0.1, 0.15) is 23.0 Å². The predicted octanol–water partition coefficient (Wildman–Crippen LogP) is 3.59. The topological polar surface area (TPSA) is 95.1 Å². The van der Waals surface area contributed by atoms with Crippen LogP contribution in [-0.2, 0) is 11.8 Å². The maximum atomic E-state index is 14.0. The van der Waals surface area contributed by atoms with Crippen molar-refractivity contribution in [2.24, 2.45) is 12.8 Å². The monoisotopic (exact) mass is 451 g/mol. The first-order valence-corrected chi connectivity index (χ1v) is 10.5. The SMILES string of the molecule is Cn1ncc(NC(=O)c2csc(-c3cccc(F)c3F)n2)c1[C@@H]1CC[C@@H](N)[C@@H](F)CO1. The summed E-state index contributed by atoms with van der Waals surface area (Å²) in [5.41, 5.74) is 6.80. The Morgan fingerprint density at radius 2 is 2.16 bits per heavy atom. The number of nitrogens with two attached hydrogens (primary N) is 1. The number of carbonyl (C=O) groups excluding carboxylic acids is 1. The highest BCUT2D eigenvalue weighted by Gasteiger charge is 2.30. The Bertz CT molecular complexity index is 1090. The van der Waals surface area contributed by atoms with Gasteiger partial charge in [-0.1, -0.05) is 6.07 Å². The van der Waals surface area contributed by atoms with Crippen LogP contribution < -0.4 is 11.1 Å². The van der Waals surface area contributed by atoms with E-state index in [4.69, 9.17) is 10.5 Å². The molecule has 3 N–H and O–H groups in total. The Labute approximate surface area is 180 Å². The van der Waals surface area contributed by atoms with Crippen molar-refractivity contribution in [2.45, 2.75) is 31.2 Å². The fourth-order valence-corrected chi connectivity index (χ4v) is 4.26. The van der Waals surface area contributed by atoms with E-state index >= 15 is 0 Å². The molecule has 3 aromatic rings. The second-order valence-corrected chi connectivity index (χ2v) is 8.10. The summed E-state index contributed by atoms with van der Waals surface area (Å²) >= 11 is 1.03. The quantitative estimate of drug-likeness (QED) is 0.632. The van der Waals surface area contributed by atoms with E-state index in [0.29, 0.717) is 24.2 Å². The van der Waals surface area contributed by atoms with Crippen LogP contribution in [0.5, 0.6) is 0 Å². The second kappa shape index (κ2) is 8.77. The molecule has 1 aliphatic heterocycles. The number of aryl methyl sites for hydroxylation is 1. The highest BCUT2D eigenvalue weighted by Crippen LogP contribution is 2.33. The Balaban J connectivity index is 1.54. The van der Waals surface area contributed by atoms with Gasteiger partial charge in [0.15, 0.2) is 11.6 Å². The van der Waals surface area contributed by atoms with Crippen LogP contribution in [0.4, 0.5) is 18.9 Å². The maximum absolute atomic E-state index is 14.0. The number of ether oxygens (including phenoxy) is 1. The van der Waals surface area contributed by atoms with Gasteiger partial charge in [0.05, 0.1) is 24.2 Å². The lowest BCUT2D eigenvalue weighted by atomic mass is 10.0. The Morgan fingerprint density at radius 3 is 2.97 bits per heavy atom. The van der Waals surface area contributed by atoms with Crippen molar-refractivity contribution in [3.8, 4) is 10.6 Å². The molecule has 1 saturated heterocycles. The lowest BCUT2D eigenvalue weighted by molar-refractivity contribution is 0.0247. The molecule has 1 aromatic carbocycles. The van der Waals surface area contributed by atoms with Crippen LogP contribution in [-0.4, -0.2) is 39.5 Å². The summed E-state index contributed by atoms with van der Waals surface area (Å²) in [5, 5.41) is 8.54. The third-order valence-electron chi connectivity index (χ3n) is 5.14. The number of alkyl halides is 1. The van der Waals surface area contributed by atoms with Crippen molar-refractivity contribution >= 4 is 22.9 Å². The second-order valence-electron chi connectivity index (χ2n) is 7.24. The number of hydrogen-bond donors (Lipinski definition) is 2. The average Bonchev–Trinajstić information content (AvgIpc) is 3.33. The highest BCUT2D eigenvalue weighted by atomic mass is 32.1. The minimum atomic E-state index is -1.26. The van der Waals surface area contributed by atoms with Gasteiger partial charge in [-0.15, -0.1) is 11.3 Å². The van der Waals surface area contributed by atoms with Crippen LogP contribution in [0.25, 0.3) is 10.6 Å². The first-order chi connectivity index (χ1) is 14.8. The standard InChI is InChI=1S/C20H20F3N5O2S/c1-28-18(16-6-5-13(24)12(22)8-30-16)14(7-25-28)26-19(29)15-9-31-20(27-15)10-3-2-4-11(21)17(10)23/h2-4,7,9,12-13,16H,5-6,8,24H2,1H3,(H,26,29)/t12-,13+,16-/m0/s1. The third kappa shape index (κ3) is 4.34. The van der Waals surface area contributed by atoms with Crippen LogP contribution in [0, 0.1) is 11.6 Å². The molecular formula is C20H20F3N5O2S. The number of carbonyl (C=O) groups is 1. The van der Waals surface area contributed by atoms with Gasteiger partial charge >= 0.3 is 0 Å². The molecule has 0 radical (unpaired) electrons. The lowest BCUT2D eigenvalue weighted by Gasteiger charge is -2.17. The number of rotatable bonds is 4. The Morgan fingerprint density at radius 1 is 1.35 bits per heavy atom. The van der Waals surface area contributed by atoms with Crippen LogP contribution in [0.3, 0.4) is 0 Å². The Kier molecular flexibility index (Phi) is 6.08. The van der Waals surface area contributed by atoms with Crippen LogP contribution in [0.15, 0.2) is 29.8 Å². The van der Waals surface area contributed by atoms with E-state index in [0.717, 1.165) is 17.4 Å². The van der Waals surface area contributed by atoms with Gasteiger partial charge in [0.25, 0.3) is 5.91 Å². The summed E-state index contributed by atoms with van der Waals surface area (Å²) < 4.78 is 48.6. The molecular weight excluding hydrogens is 431 g/mol. The lowest BCUT2D eigenvalue weighted by Crippen LogP contribution is -2.32. The number of anilines is 1. The van der Waals surface area contributed by atoms with Crippen molar-refractivity contribution in [3.05, 3.63) is 52.8 Å². The minimum absolute atomic E-state index is 0.0184. The van der Waals surface area contributed by atoms with Crippen LogP contribution in [0.1, 0.15) is 35.1 Å². The number of nitrogens with one attached hydrogen (secondary N) is 1. The van der Waals surface area contributed by atoms with E-state index < -0.39 is 35.9 Å². The normalized spacial score (nSPS) is 21.6. The van der Waals surface area contributed by atoms with E-state index in [1.807, 2.05) is 0 Å². The summed E-state index contributed by atoms with van der Waals surface area (Å²) in [4.78, 5) is 16.9. The van der Waals surface area contributed by atoms with Crippen molar-refractivity contribution < 1.29 is 22.7 Å². The van der Waals surface area contributed by atoms with Crippen molar-refractivity contribution in [3.63, 3.8) is 0 Å². The molecule has 1 aliphatic rings. The Hall–Kier alpha value is -2.76. The van der Waals surface area contributed by atoms with Gasteiger partial charge in [-0.25, -0.2) is 18.2 Å². The first-order valence-electron chi connectivity index (χ1n) is 9.59. The summed E-state index contributed by atoms with van der Waals surface area (Å²) in [7, 11) is 1.69. The fourth-order valence-electron chi connectivity index (χ4n) is 3.44. The van der Waals surface area contributed by atoms with Gasteiger partial charge in [0.2, 0.25) is 0 Å². The van der Waals surface area contributed by atoms with Gasteiger partial charge in [-0.3, -0.25) is 9.48 Å². The van der Waals surface area contributed by atoms with Gasteiger partial charge in [-0.2, -0.15) is 5.10 Å². The minimum Gasteiger partial charge on any atom is -0.369 e. The third-order valence-corrected chi connectivity index (χ3v) is 6.02. The molecule has 0 spiro atoms. The van der Waals surface area contributed by atoms with Crippen molar-refractivity contribution in [1.82, 2.24) is 14.8 Å². The number of aromatic nitrogens is 3. The van der Waals surface area contributed by atoms with E-state index in [1.165, 1.54) is 23.7 Å². The number of benzene rings is 1. The molecule has 0 unspecified atom stereocenters. The molecule has 1 fully saturated rings. The first kappa shape index (κ1) is 21.5. The summed E-state index contributed by atoms with van der Waals surface area (Å²) in [6, 6.07) is 3.17. The van der Waals surface area contributed by atoms with Gasteiger partial charge < -0.3 is 15.8 Å². The maximum Gasteiger partial charge on any atom is 0.275 e. The van der Waals surface area contributed by atoms with Crippen molar-refractivity contribution in [2.75, 3.05) is 11.9 Å². The summed E-state index contributed by atoms with van der Waals surface area (Å²) in [5.74, 6) is -2.55. The molecule has 31 heavy (non-hydrogen) atoms. The smallest absolute Gasteiger partial charge is 0.275 e. The molecule has 0 aliphatic carbocycles. The number of amides is 1. The molecule has 3 heterocycles. The van der Waals surface area contributed by atoms with Crippen LogP contribution >= 0.6 is 11.3 Å². The molecule has 11 heteroatoms. The zero-order valence-electron chi connectivity index (χ0n) is 16.5. The zero-order valence-corrected chi connectivity index (χ0v) is 17.3. The number of nitrogens with zero attached hydrogens (tertiary/aromatic N) is 3. The molecule has 0 saturated carbocycles. The molecule has 164 valence electrons. The molecule has 2 aromatic heterocycles. The molecule has 3 atom stereocenters. The van der Waals surface area contributed by atoms with E-state index in [1.54, 1.807) is 11.7 Å². The molecule has 4 rings (SSSR count). The van der Waals surface area contributed by atoms with Gasteiger partial charge in [0, 0.05) is 24.0 Å². The van der Waals surface area contributed by atoms with Gasteiger partial charge in [-0.05, 0) is 25.0 Å². The molecule has 7 nitrogen and oxygen atoms in total. The number of thiazole rings is 1. The zero-order chi connectivity index (χ0) is 22.1. The van der Waals surface area contributed by atoms with Crippen molar-refractivity contribution in [1.29, 1.82) is 0 Å². The molecule has 0 bridgehead atoms. The predicted molar refractivity (Wildman–Crippen MR) is 109 cm³/mol. The fraction of sp³-hybridized carbons (Fsp3) is 0.350. The number of hydrogen-bond acceptors (Lipinski definition) is 6.